The minimum absolute atomic E-state index is 0.163. The van der Waals surface area contributed by atoms with E-state index in [1.807, 2.05) is 26.2 Å². The number of benzene rings is 1. The molecule has 96 valence electrons. The van der Waals surface area contributed by atoms with Crippen LogP contribution in [-0.4, -0.2) is 37.8 Å². The van der Waals surface area contributed by atoms with E-state index in [4.69, 9.17) is 4.74 Å². The molecule has 1 aromatic rings. The minimum Gasteiger partial charge on any atom is -0.496 e. The number of methoxy groups -OCH3 is 1. The van der Waals surface area contributed by atoms with E-state index in [0.29, 0.717) is 0 Å². The van der Waals surface area contributed by atoms with Gasteiger partial charge in [-0.3, -0.25) is 0 Å². The van der Waals surface area contributed by atoms with Gasteiger partial charge >= 0.3 is 0 Å². The van der Waals surface area contributed by atoms with Crippen molar-refractivity contribution in [3.8, 4) is 5.75 Å². The summed E-state index contributed by atoms with van der Waals surface area (Å²) in [6.07, 6.45) is 0. The highest BCUT2D eigenvalue weighted by molar-refractivity contribution is 5.42. The van der Waals surface area contributed by atoms with E-state index in [9.17, 15) is 5.11 Å². The molecule has 0 heterocycles. The topological polar surface area (TPSA) is 32.7 Å². The van der Waals surface area contributed by atoms with Gasteiger partial charge in [0.2, 0.25) is 0 Å². The summed E-state index contributed by atoms with van der Waals surface area (Å²) >= 11 is 0. The Morgan fingerprint density at radius 1 is 1.35 bits per heavy atom. The first-order valence-electron chi connectivity index (χ1n) is 5.93. The van der Waals surface area contributed by atoms with E-state index in [1.54, 1.807) is 7.11 Å². The molecule has 0 aliphatic rings. The van der Waals surface area contributed by atoms with Gasteiger partial charge in [0.05, 0.1) is 7.11 Å². The maximum absolute atomic E-state index is 9.40. The SMILES string of the molecule is COc1cccc(C)c1C(C(C)CO)N(C)C. The fourth-order valence-electron chi connectivity index (χ4n) is 2.36. The molecule has 17 heavy (non-hydrogen) atoms. The number of aryl methyl sites for hydroxylation is 1. The molecule has 0 aliphatic heterocycles. The third-order valence-corrected chi connectivity index (χ3v) is 3.18. The van der Waals surface area contributed by atoms with E-state index < -0.39 is 0 Å². The molecule has 0 radical (unpaired) electrons. The summed E-state index contributed by atoms with van der Waals surface area (Å²) in [5.41, 5.74) is 2.37. The molecule has 2 atom stereocenters. The van der Waals surface area contributed by atoms with Gasteiger partial charge in [0.15, 0.2) is 0 Å². The maximum atomic E-state index is 9.40. The molecule has 1 aromatic carbocycles. The van der Waals surface area contributed by atoms with E-state index in [1.165, 1.54) is 11.1 Å². The molecule has 1 N–H and O–H groups in total. The van der Waals surface area contributed by atoms with Crippen molar-refractivity contribution in [1.29, 1.82) is 0 Å². The second-order valence-electron chi connectivity index (χ2n) is 4.76. The van der Waals surface area contributed by atoms with Crippen LogP contribution in [0.25, 0.3) is 0 Å². The van der Waals surface area contributed by atoms with Crippen LogP contribution in [0.5, 0.6) is 5.75 Å². The fourth-order valence-corrected chi connectivity index (χ4v) is 2.36. The Labute approximate surface area is 104 Å². The van der Waals surface area contributed by atoms with Crippen molar-refractivity contribution in [3.63, 3.8) is 0 Å². The molecule has 1 rings (SSSR count). The van der Waals surface area contributed by atoms with E-state index in [0.717, 1.165) is 5.75 Å². The van der Waals surface area contributed by atoms with Crippen LogP contribution in [-0.2, 0) is 0 Å². The lowest BCUT2D eigenvalue weighted by molar-refractivity contribution is 0.143. The van der Waals surface area contributed by atoms with Crippen LogP contribution >= 0.6 is 0 Å². The number of hydrogen-bond donors (Lipinski definition) is 1. The Kier molecular flexibility index (Phi) is 4.97. The first kappa shape index (κ1) is 14.0. The van der Waals surface area contributed by atoms with E-state index >= 15 is 0 Å². The molecule has 0 aliphatic carbocycles. The number of rotatable bonds is 5. The van der Waals surface area contributed by atoms with Crippen LogP contribution in [0.15, 0.2) is 18.2 Å². The van der Waals surface area contributed by atoms with Crippen LogP contribution < -0.4 is 4.74 Å². The summed E-state index contributed by atoms with van der Waals surface area (Å²) in [4.78, 5) is 2.13. The molecule has 0 aromatic heterocycles. The third-order valence-electron chi connectivity index (χ3n) is 3.18. The summed E-state index contributed by atoms with van der Waals surface area (Å²) in [6, 6.07) is 6.21. The molecule has 0 saturated heterocycles. The molecule has 2 unspecified atom stereocenters. The lowest BCUT2D eigenvalue weighted by atomic mass is 9.90. The largest absolute Gasteiger partial charge is 0.496 e. The van der Waals surface area contributed by atoms with Crippen LogP contribution in [0.2, 0.25) is 0 Å². The van der Waals surface area contributed by atoms with Crippen molar-refractivity contribution in [3.05, 3.63) is 29.3 Å². The molecular formula is C14H23NO2. The van der Waals surface area contributed by atoms with Crippen molar-refractivity contribution >= 4 is 0 Å². The average Bonchev–Trinajstić information content (AvgIpc) is 2.30. The Bertz CT molecular complexity index is 363. The second kappa shape index (κ2) is 6.03. The van der Waals surface area contributed by atoms with Gasteiger partial charge in [-0.2, -0.15) is 0 Å². The highest BCUT2D eigenvalue weighted by atomic mass is 16.5. The zero-order chi connectivity index (χ0) is 13.0. The predicted octanol–water partition coefficient (Wildman–Crippen LogP) is 2.23. The van der Waals surface area contributed by atoms with Gasteiger partial charge in [-0.25, -0.2) is 0 Å². The third kappa shape index (κ3) is 2.99. The Hall–Kier alpha value is -1.06. The minimum atomic E-state index is 0.163. The van der Waals surface area contributed by atoms with Gasteiger partial charge in [0.1, 0.15) is 5.75 Å². The van der Waals surface area contributed by atoms with Crippen molar-refractivity contribution in [2.75, 3.05) is 27.8 Å². The molecular weight excluding hydrogens is 214 g/mol. The van der Waals surface area contributed by atoms with Crippen molar-refractivity contribution in [2.45, 2.75) is 19.9 Å². The number of hydrogen-bond acceptors (Lipinski definition) is 3. The number of aliphatic hydroxyl groups excluding tert-OH is 1. The summed E-state index contributed by atoms with van der Waals surface area (Å²) in [7, 11) is 5.75. The molecule has 0 amide bonds. The van der Waals surface area contributed by atoms with E-state index in [2.05, 4.69) is 24.8 Å². The monoisotopic (exact) mass is 237 g/mol. The van der Waals surface area contributed by atoms with Crippen molar-refractivity contribution < 1.29 is 9.84 Å². The standard InChI is InChI=1S/C14H23NO2/c1-10-7-6-8-12(17-5)13(10)14(15(3)4)11(2)9-16/h6-8,11,14,16H,9H2,1-5H3. The zero-order valence-corrected chi connectivity index (χ0v) is 11.4. The molecule has 3 nitrogen and oxygen atoms in total. The van der Waals surface area contributed by atoms with Gasteiger partial charge in [0.25, 0.3) is 0 Å². The Morgan fingerprint density at radius 3 is 2.47 bits per heavy atom. The summed E-state index contributed by atoms with van der Waals surface area (Å²) in [5, 5.41) is 9.40. The average molecular weight is 237 g/mol. The molecule has 0 spiro atoms. The van der Waals surface area contributed by atoms with Gasteiger partial charge in [0, 0.05) is 18.2 Å². The Balaban J connectivity index is 3.26. The summed E-state index contributed by atoms with van der Waals surface area (Å²) in [6.45, 7) is 4.30. The highest BCUT2D eigenvalue weighted by Gasteiger charge is 2.25. The normalized spacial score (nSPS) is 14.8. The van der Waals surface area contributed by atoms with Gasteiger partial charge < -0.3 is 14.7 Å². The van der Waals surface area contributed by atoms with Gasteiger partial charge in [-0.1, -0.05) is 19.1 Å². The van der Waals surface area contributed by atoms with Crippen molar-refractivity contribution in [1.82, 2.24) is 4.90 Å². The Morgan fingerprint density at radius 2 is 2.00 bits per heavy atom. The quantitative estimate of drug-likeness (QED) is 0.852. The zero-order valence-electron chi connectivity index (χ0n) is 11.4. The van der Waals surface area contributed by atoms with Gasteiger partial charge in [-0.15, -0.1) is 0 Å². The van der Waals surface area contributed by atoms with Crippen LogP contribution in [0.1, 0.15) is 24.1 Å². The molecule has 0 saturated carbocycles. The first-order valence-corrected chi connectivity index (χ1v) is 5.93. The first-order chi connectivity index (χ1) is 8.02. The number of aliphatic hydroxyl groups is 1. The molecule has 0 bridgehead atoms. The summed E-state index contributed by atoms with van der Waals surface area (Å²) < 4.78 is 5.44. The molecule has 0 fully saturated rings. The second-order valence-corrected chi connectivity index (χ2v) is 4.76. The van der Waals surface area contributed by atoms with E-state index in [-0.39, 0.29) is 18.6 Å². The lowest BCUT2D eigenvalue weighted by Gasteiger charge is -2.31. The summed E-state index contributed by atoms with van der Waals surface area (Å²) in [5.74, 6) is 1.06. The van der Waals surface area contributed by atoms with Gasteiger partial charge in [-0.05, 0) is 38.6 Å². The van der Waals surface area contributed by atoms with Crippen LogP contribution in [0.4, 0.5) is 0 Å². The maximum Gasteiger partial charge on any atom is 0.123 e. The fraction of sp³-hybridized carbons (Fsp3) is 0.571. The van der Waals surface area contributed by atoms with Crippen LogP contribution in [0, 0.1) is 12.8 Å². The lowest BCUT2D eigenvalue weighted by Crippen LogP contribution is -2.29. The van der Waals surface area contributed by atoms with Crippen molar-refractivity contribution in [2.24, 2.45) is 5.92 Å². The number of ether oxygens (including phenoxy) is 1. The highest BCUT2D eigenvalue weighted by Crippen LogP contribution is 2.35. The number of nitrogens with zero attached hydrogens (tertiary/aromatic N) is 1. The smallest absolute Gasteiger partial charge is 0.123 e. The van der Waals surface area contributed by atoms with Crippen LogP contribution in [0.3, 0.4) is 0 Å². The molecule has 3 heteroatoms. The predicted molar refractivity (Wildman–Crippen MR) is 70.4 cm³/mol.